The van der Waals surface area contributed by atoms with E-state index in [4.69, 9.17) is 9.84 Å². The molecule has 0 bridgehead atoms. The van der Waals surface area contributed by atoms with E-state index in [9.17, 15) is 9.59 Å². The first-order valence-electron chi connectivity index (χ1n) is 6.27. The van der Waals surface area contributed by atoms with Gasteiger partial charge < -0.3 is 15.2 Å². The molecule has 0 saturated carbocycles. The smallest absolute Gasteiger partial charge is 0.305 e. The molecule has 110 valence electrons. The molecule has 0 spiro atoms. The molecule has 1 unspecified atom stereocenters. The molecule has 1 aromatic rings. The first kappa shape index (κ1) is 15.9. The van der Waals surface area contributed by atoms with Crippen molar-refractivity contribution in [3.8, 4) is 5.88 Å². The molecule has 1 heterocycles. The first-order valence-corrected chi connectivity index (χ1v) is 6.27. The van der Waals surface area contributed by atoms with Gasteiger partial charge in [0.25, 0.3) is 5.91 Å². The van der Waals surface area contributed by atoms with Crippen LogP contribution in [0.15, 0.2) is 18.3 Å². The summed E-state index contributed by atoms with van der Waals surface area (Å²) < 4.78 is 5.03. The van der Waals surface area contributed by atoms with Crippen LogP contribution < -0.4 is 10.1 Å². The summed E-state index contributed by atoms with van der Waals surface area (Å²) in [5.41, 5.74) is -0.0848. The van der Waals surface area contributed by atoms with Gasteiger partial charge in [-0.25, -0.2) is 4.98 Å². The Kier molecular flexibility index (Phi) is 5.07. The topological polar surface area (TPSA) is 88.5 Å². The van der Waals surface area contributed by atoms with Crippen LogP contribution in [0.3, 0.4) is 0 Å². The number of hydrogen-bond donors (Lipinski definition) is 2. The molecule has 0 fully saturated rings. The Labute approximate surface area is 118 Å². The van der Waals surface area contributed by atoms with Gasteiger partial charge in [0.05, 0.1) is 13.5 Å². The molecule has 20 heavy (non-hydrogen) atoms. The standard InChI is InChI=1S/C14H20N2O4/c1-14(2,3)10(8-11(17)18)16-12(19)9-6-5-7-15-13(9)20-4/h5-7,10H,8H2,1-4H3,(H,16,19)(H,17,18). The SMILES string of the molecule is COc1ncccc1C(=O)NC(CC(=O)O)C(C)(C)C. The van der Waals surface area contributed by atoms with Crippen molar-refractivity contribution in [1.82, 2.24) is 10.3 Å². The molecule has 6 nitrogen and oxygen atoms in total. The molecular formula is C14H20N2O4. The second-order valence-electron chi connectivity index (χ2n) is 5.55. The zero-order valence-corrected chi connectivity index (χ0v) is 12.1. The Morgan fingerprint density at radius 1 is 1.45 bits per heavy atom. The van der Waals surface area contributed by atoms with E-state index in [1.165, 1.54) is 13.3 Å². The molecule has 1 amide bonds. The number of carboxylic acids is 1. The Morgan fingerprint density at radius 3 is 2.60 bits per heavy atom. The molecule has 6 heteroatoms. The number of nitrogens with zero attached hydrogens (tertiary/aromatic N) is 1. The number of nitrogens with one attached hydrogen (secondary N) is 1. The number of pyridine rings is 1. The van der Waals surface area contributed by atoms with Crippen molar-refractivity contribution in [3.05, 3.63) is 23.9 Å². The van der Waals surface area contributed by atoms with Gasteiger partial charge in [-0.2, -0.15) is 0 Å². The predicted octanol–water partition coefficient (Wildman–Crippen LogP) is 1.71. The monoisotopic (exact) mass is 280 g/mol. The molecule has 2 N–H and O–H groups in total. The molecule has 0 aliphatic carbocycles. The summed E-state index contributed by atoms with van der Waals surface area (Å²) in [5.74, 6) is -1.13. The number of carboxylic acid groups (broad SMARTS) is 1. The Hall–Kier alpha value is -2.11. The molecule has 0 radical (unpaired) electrons. The van der Waals surface area contributed by atoms with E-state index >= 15 is 0 Å². The van der Waals surface area contributed by atoms with Crippen molar-refractivity contribution in [2.75, 3.05) is 7.11 Å². The molecule has 0 saturated heterocycles. The van der Waals surface area contributed by atoms with Crippen LogP contribution in [-0.4, -0.2) is 35.1 Å². The lowest BCUT2D eigenvalue weighted by atomic mass is 9.84. The van der Waals surface area contributed by atoms with Gasteiger partial charge in [-0.15, -0.1) is 0 Å². The minimum atomic E-state index is -0.955. The predicted molar refractivity (Wildman–Crippen MR) is 73.8 cm³/mol. The third kappa shape index (κ3) is 4.22. The summed E-state index contributed by atoms with van der Waals surface area (Å²) in [6.07, 6.45) is 1.38. The molecule has 0 aliphatic heterocycles. The third-order valence-corrected chi connectivity index (χ3v) is 2.94. The zero-order chi connectivity index (χ0) is 15.3. The number of rotatable bonds is 5. The van der Waals surface area contributed by atoms with Crippen LogP contribution in [0.2, 0.25) is 0 Å². The number of aromatic nitrogens is 1. The van der Waals surface area contributed by atoms with Gasteiger partial charge in [0.15, 0.2) is 0 Å². The Bertz CT molecular complexity index is 494. The fourth-order valence-electron chi connectivity index (χ4n) is 1.71. The average Bonchev–Trinajstić information content (AvgIpc) is 2.36. The van der Waals surface area contributed by atoms with Gasteiger partial charge in [-0.1, -0.05) is 20.8 Å². The van der Waals surface area contributed by atoms with Crippen LogP contribution in [0.4, 0.5) is 0 Å². The summed E-state index contributed by atoms with van der Waals surface area (Å²) in [6, 6.07) is 2.72. The lowest BCUT2D eigenvalue weighted by molar-refractivity contribution is -0.138. The highest BCUT2D eigenvalue weighted by Gasteiger charge is 2.29. The van der Waals surface area contributed by atoms with Crippen LogP contribution in [0.1, 0.15) is 37.6 Å². The van der Waals surface area contributed by atoms with E-state index in [1.807, 2.05) is 20.8 Å². The van der Waals surface area contributed by atoms with E-state index in [2.05, 4.69) is 10.3 Å². The molecular weight excluding hydrogens is 260 g/mol. The van der Waals surface area contributed by atoms with E-state index in [0.717, 1.165) is 0 Å². The third-order valence-electron chi connectivity index (χ3n) is 2.94. The second kappa shape index (κ2) is 6.36. The number of carbonyl (C=O) groups is 2. The molecule has 1 aromatic heterocycles. The largest absolute Gasteiger partial charge is 0.481 e. The minimum absolute atomic E-state index is 0.141. The maximum absolute atomic E-state index is 12.2. The van der Waals surface area contributed by atoms with E-state index < -0.39 is 17.9 Å². The highest BCUT2D eigenvalue weighted by atomic mass is 16.5. The number of amides is 1. The van der Waals surface area contributed by atoms with Crippen LogP contribution in [0.5, 0.6) is 5.88 Å². The summed E-state index contributed by atoms with van der Waals surface area (Å²) >= 11 is 0. The lowest BCUT2D eigenvalue weighted by Crippen LogP contribution is -2.45. The zero-order valence-electron chi connectivity index (χ0n) is 12.1. The lowest BCUT2D eigenvalue weighted by Gasteiger charge is -2.30. The van der Waals surface area contributed by atoms with Gasteiger partial charge >= 0.3 is 5.97 Å². The highest BCUT2D eigenvalue weighted by molar-refractivity contribution is 5.96. The van der Waals surface area contributed by atoms with Crippen molar-refractivity contribution < 1.29 is 19.4 Å². The summed E-state index contributed by atoms with van der Waals surface area (Å²) in [4.78, 5) is 27.1. The molecule has 0 aliphatic rings. The Balaban J connectivity index is 2.93. The van der Waals surface area contributed by atoms with Crippen molar-refractivity contribution in [1.29, 1.82) is 0 Å². The van der Waals surface area contributed by atoms with Gasteiger partial charge in [0, 0.05) is 12.2 Å². The van der Waals surface area contributed by atoms with Crippen molar-refractivity contribution in [3.63, 3.8) is 0 Å². The second-order valence-corrected chi connectivity index (χ2v) is 5.55. The van der Waals surface area contributed by atoms with Gasteiger partial charge in [0.1, 0.15) is 5.56 Å². The van der Waals surface area contributed by atoms with Gasteiger partial charge in [0.2, 0.25) is 5.88 Å². The molecule has 1 rings (SSSR count). The van der Waals surface area contributed by atoms with Crippen molar-refractivity contribution in [2.24, 2.45) is 5.41 Å². The Morgan fingerprint density at radius 2 is 2.10 bits per heavy atom. The van der Waals surface area contributed by atoms with E-state index in [0.29, 0.717) is 0 Å². The number of ether oxygens (including phenoxy) is 1. The maximum atomic E-state index is 12.2. The summed E-state index contributed by atoms with van der Waals surface area (Å²) in [5, 5.41) is 11.7. The van der Waals surface area contributed by atoms with Crippen molar-refractivity contribution in [2.45, 2.75) is 33.2 Å². The first-order chi connectivity index (χ1) is 9.25. The van der Waals surface area contributed by atoms with Crippen LogP contribution >= 0.6 is 0 Å². The van der Waals surface area contributed by atoms with Gasteiger partial charge in [-0.3, -0.25) is 9.59 Å². The normalized spacial score (nSPS) is 12.6. The van der Waals surface area contributed by atoms with Crippen LogP contribution in [0.25, 0.3) is 0 Å². The van der Waals surface area contributed by atoms with Crippen molar-refractivity contribution >= 4 is 11.9 Å². The summed E-state index contributed by atoms with van der Waals surface area (Å²) in [7, 11) is 1.43. The van der Waals surface area contributed by atoms with Crippen LogP contribution in [-0.2, 0) is 4.79 Å². The number of hydrogen-bond acceptors (Lipinski definition) is 4. The minimum Gasteiger partial charge on any atom is -0.481 e. The fourth-order valence-corrected chi connectivity index (χ4v) is 1.71. The quantitative estimate of drug-likeness (QED) is 0.857. The molecule has 0 aromatic carbocycles. The fraction of sp³-hybridized carbons (Fsp3) is 0.500. The van der Waals surface area contributed by atoms with Crippen LogP contribution in [0, 0.1) is 5.41 Å². The summed E-state index contributed by atoms with van der Waals surface area (Å²) in [6.45, 7) is 5.63. The van der Waals surface area contributed by atoms with E-state index in [-0.39, 0.29) is 23.3 Å². The van der Waals surface area contributed by atoms with E-state index in [1.54, 1.807) is 12.1 Å². The number of carbonyl (C=O) groups excluding carboxylic acids is 1. The number of aliphatic carboxylic acids is 1. The molecule has 1 atom stereocenters. The van der Waals surface area contributed by atoms with Gasteiger partial charge in [-0.05, 0) is 17.5 Å². The maximum Gasteiger partial charge on any atom is 0.305 e. The highest BCUT2D eigenvalue weighted by Crippen LogP contribution is 2.23. The number of methoxy groups -OCH3 is 1. The average molecular weight is 280 g/mol.